The van der Waals surface area contributed by atoms with Crippen LogP contribution >= 0.6 is 0 Å². The van der Waals surface area contributed by atoms with Crippen LogP contribution in [0.2, 0.25) is 0 Å². The highest BCUT2D eigenvalue weighted by molar-refractivity contribution is 5.32. The molecule has 4 nitrogen and oxygen atoms in total. The molecule has 4 heteroatoms. The molecule has 1 aromatic rings. The van der Waals surface area contributed by atoms with Crippen LogP contribution in [0, 0.1) is 5.92 Å². The summed E-state index contributed by atoms with van der Waals surface area (Å²) >= 11 is 0. The van der Waals surface area contributed by atoms with Crippen molar-refractivity contribution in [2.24, 2.45) is 11.7 Å². The summed E-state index contributed by atoms with van der Waals surface area (Å²) in [7, 11) is 0. The molecule has 0 radical (unpaired) electrons. The lowest BCUT2D eigenvalue weighted by Gasteiger charge is -2.16. The van der Waals surface area contributed by atoms with E-state index in [0.29, 0.717) is 45.5 Å². The predicted octanol–water partition coefficient (Wildman–Crippen LogP) is 1.19. The lowest BCUT2D eigenvalue weighted by atomic mass is 10.2. The highest BCUT2D eigenvalue weighted by Gasteiger charge is 2.14. The van der Waals surface area contributed by atoms with Crippen molar-refractivity contribution in [2.45, 2.75) is 6.54 Å². The van der Waals surface area contributed by atoms with Crippen LogP contribution < -0.4 is 10.5 Å². The molecule has 0 aliphatic carbocycles. The molecule has 2 N–H and O–H groups in total. The maximum Gasteiger partial charge on any atom is 0.123 e. The summed E-state index contributed by atoms with van der Waals surface area (Å²) in [6, 6.07) is 7.84. The first kappa shape index (κ1) is 12.4. The second-order valence-corrected chi connectivity index (χ2v) is 4.14. The van der Waals surface area contributed by atoms with E-state index in [1.807, 2.05) is 24.3 Å². The lowest BCUT2D eigenvalue weighted by molar-refractivity contribution is 0.101. The maximum absolute atomic E-state index is 5.78. The fraction of sp³-hybridized carbons (Fsp3) is 0.538. The topological polar surface area (TPSA) is 53.7 Å². The van der Waals surface area contributed by atoms with Crippen LogP contribution in [0.3, 0.4) is 0 Å². The zero-order valence-electron chi connectivity index (χ0n) is 9.93. The third-order valence-corrected chi connectivity index (χ3v) is 2.75. The average molecular weight is 237 g/mol. The third-order valence-electron chi connectivity index (χ3n) is 2.75. The molecule has 17 heavy (non-hydrogen) atoms. The molecule has 1 aliphatic heterocycles. The first-order chi connectivity index (χ1) is 8.40. The minimum atomic E-state index is 0.295. The van der Waals surface area contributed by atoms with Crippen LogP contribution in [-0.2, 0) is 16.0 Å². The van der Waals surface area contributed by atoms with Gasteiger partial charge in [-0.05, 0) is 6.07 Å². The standard InChI is InChI=1S/C13H19NO3/c14-7-12-3-1-2-4-13(12)17-10-11-8-15-5-6-16-9-11/h1-4,11H,5-10,14H2. The lowest BCUT2D eigenvalue weighted by Crippen LogP contribution is -2.21. The number of rotatable bonds is 4. The molecule has 1 heterocycles. The third kappa shape index (κ3) is 3.70. The Morgan fingerprint density at radius 1 is 1.18 bits per heavy atom. The quantitative estimate of drug-likeness (QED) is 0.854. The zero-order chi connectivity index (χ0) is 11.9. The SMILES string of the molecule is NCc1ccccc1OCC1COCCOC1. The van der Waals surface area contributed by atoms with Crippen molar-refractivity contribution in [3.8, 4) is 5.75 Å². The van der Waals surface area contributed by atoms with Gasteiger partial charge >= 0.3 is 0 Å². The number of benzene rings is 1. The molecule has 1 fully saturated rings. The van der Waals surface area contributed by atoms with Crippen molar-refractivity contribution < 1.29 is 14.2 Å². The number of ether oxygens (including phenoxy) is 3. The van der Waals surface area contributed by atoms with Gasteiger partial charge in [-0.15, -0.1) is 0 Å². The van der Waals surface area contributed by atoms with E-state index in [1.54, 1.807) is 0 Å². The summed E-state index contributed by atoms with van der Waals surface area (Å²) in [6.07, 6.45) is 0. The molecule has 0 bridgehead atoms. The molecule has 0 saturated carbocycles. The second-order valence-electron chi connectivity index (χ2n) is 4.14. The van der Waals surface area contributed by atoms with Crippen molar-refractivity contribution in [1.29, 1.82) is 0 Å². The Kier molecular flexibility index (Phi) is 4.79. The first-order valence-corrected chi connectivity index (χ1v) is 5.96. The fourth-order valence-electron chi connectivity index (χ4n) is 1.78. The average Bonchev–Trinajstić information content (AvgIpc) is 2.65. The van der Waals surface area contributed by atoms with Crippen LogP contribution in [-0.4, -0.2) is 33.0 Å². The van der Waals surface area contributed by atoms with E-state index >= 15 is 0 Å². The van der Waals surface area contributed by atoms with E-state index < -0.39 is 0 Å². The van der Waals surface area contributed by atoms with E-state index in [0.717, 1.165) is 11.3 Å². The molecule has 0 atom stereocenters. The second kappa shape index (κ2) is 6.59. The van der Waals surface area contributed by atoms with Crippen LogP contribution in [0.25, 0.3) is 0 Å². The number of para-hydroxylation sites is 1. The Bertz CT molecular complexity index is 335. The molecule has 94 valence electrons. The van der Waals surface area contributed by atoms with Gasteiger partial charge in [0.25, 0.3) is 0 Å². The van der Waals surface area contributed by atoms with E-state index in [1.165, 1.54) is 0 Å². The van der Waals surface area contributed by atoms with Gasteiger partial charge in [-0.3, -0.25) is 0 Å². The van der Waals surface area contributed by atoms with Gasteiger partial charge in [0.2, 0.25) is 0 Å². The van der Waals surface area contributed by atoms with Crippen molar-refractivity contribution in [3.63, 3.8) is 0 Å². The monoisotopic (exact) mass is 237 g/mol. The van der Waals surface area contributed by atoms with Gasteiger partial charge in [-0.1, -0.05) is 18.2 Å². The highest BCUT2D eigenvalue weighted by atomic mass is 16.5. The molecular weight excluding hydrogens is 218 g/mol. The molecule has 1 saturated heterocycles. The van der Waals surface area contributed by atoms with Crippen molar-refractivity contribution in [2.75, 3.05) is 33.0 Å². The van der Waals surface area contributed by atoms with E-state index in [4.69, 9.17) is 19.9 Å². The summed E-state index contributed by atoms with van der Waals surface area (Å²) in [5.41, 5.74) is 6.69. The van der Waals surface area contributed by atoms with E-state index in [2.05, 4.69) is 0 Å². The molecule has 0 aromatic heterocycles. The summed E-state index contributed by atoms with van der Waals surface area (Å²) in [5.74, 6) is 1.16. The van der Waals surface area contributed by atoms with Crippen LogP contribution in [0.15, 0.2) is 24.3 Å². The maximum atomic E-state index is 5.78. The molecule has 1 aliphatic rings. The van der Waals surface area contributed by atoms with Crippen molar-refractivity contribution in [1.82, 2.24) is 0 Å². The van der Waals surface area contributed by atoms with Crippen LogP contribution in [0.5, 0.6) is 5.75 Å². The van der Waals surface area contributed by atoms with Gasteiger partial charge in [0.1, 0.15) is 5.75 Å². The molecule has 0 unspecified atom stereocenters. The smallest absolute Gasteiger partial charge is 0.123 e. The summed E-state index contributed by atoms with van der Waals surface area (Å²) in [6.45, 7) is 3.85. The van der Waals surface area contributed by atoms with E-state index in [-0.39, 0.29) is 0 Å². The number of hydrogen-bond donors (Lipinski definition) is 1. The predicted molar refractivity (Wildman–Crippen MR) is 65.0 cm³/mol. The fourth-order valence-corrected chi connectivity index (χ4v) is 1.78. The van der Waals surface area contributed by atoms with Gasteiger partial charge < -0.3 is 19.9 Å². The molecule has 2 rings (SSSR count). The molecular formula is C13H19NO3. The first-order valence-electron chi connectivity index (χ1n) is 5.96. The Balaban J connectivity index is 1.87. The van der Waals surface area contributed by atoms with E-state index in [9.17, 15) is 0 Å². The van der Waals surface area contributed by atoms with Crippen molar-refractivity contribution >= 4 is 0 Å². The summed E-state index contributed by atoms with van der Waals surface area (Å²) < 4.78 is 16.6. The van der Waals surface area contributed by atoms with Crippen molar-refractivity contribution in [3.05, 3.63) is 29.8 Å². The van der Waals surface area contributed by atoms with Gasteiger partial charge in [0, 0.05) is 18.0 Å². The Morgan fingerprint density at radius 3 is 2.59 bits per heavy atom. The number of nitrogens with two attached hydrogens (primary N) is 1. The van der Waals surface area contributed by atoms with Gasteiger partial charge in [-0.25, -0.2) is 0 Å². The zero-order valence-corrected chi connectivity index (χ0v) is 9.93. The largest absolute Gasteiger partial charge is 0.493 e. The Labute approximate surface area is 102 Å². The van der Waals surface area contributed by atoms with Gasteiger partial charge in [0.05, 0.1) is 33.0 Å². The number of hydrogen-bond acceptors (Lipinski definition) is 4. The minimum absolute atomic E-state index is 0.295. The summed E-state index contributed by atoms with van der Waals surface area (Å²) in [4.78, 5) is 0. The molecule has 1 aromatic carbocycles. The van der Waals surface area contributed by atoms with Crippen LogP contribution in [0.1, 0.15) is 5.56 Å². The normalized spacial score (nSPS) is 17.7. The van der Waals surface area contributed by atoms with Gasteiger partial charge in [-0.2, -0.15) is 0 Å². The van der Waals surface area contributed by atoms with Crippen LogP contribution in [0.4, 0.5) is 0 Å². The Morgan fingerprint density at radius 2 is 1.88 bits per heavy atom. The highest BCUT2D eigenvalue weighted by Crippen LogP contribution is 2.18. The molecule has 0 amide bonds. The summed E-state index contributed by atoms with van der Waals surface area (Å²) in [5, 5.41) is 0. The molecule has 0 spiro atoms. The Hall–Kier alpha value is -1.10. The minimum Gasteiger partial charge on any atom is -0.493 e. The van der Waals surface area contributed by atoms with Gasteiger partial charge in [0.15, 0.2) is 0 Å².